The van der Waals surface area contributed by atoms with E-state index in [2.05, 4.69) is 26.8 Å². The molecular weight excluding hydrogens is 438 g/mol. The van der Waals surface area contributed by atoms with Crippen molar-refractivity contribution in [2.24, 2.45) is 28.6 Å². The molecule has 0 radical (unpaired) electrons. The first-order valence-electron chi connectivity index (χ1n) is 13.2. The number of rotatable bonds is 4. The van der Waals surface area contributed by atoms with Gasteiger partial charge in [0, 0.05) is 31.1 Å². The maximum atomic E-state index is 12.6. The molecule has 0 aromatic carbocycles. The summed E-state index contributed by atoms with van der Waals surface area (Å²) in [5, 5.41) is 0. The average molecular weight is 480 g/mol. The van der Waals surface area contributed by atoms with Gasteiger partial charge in [-0.05, 0) is 68.6 Å². The number of nitrogens with zero attached hydrogens (tertiary/aromatic N) is 1. The van der Waals surface area contributed by atoms with Crippen LogP contribution in [0.15, 0.2) is 11.6 Å². The number of likely N-dealkylation sites (tertiary alicyclic amines) is 1. The summed E-state index contributed by atoms with van der Waals surface area (Å²) in [5.74, 6) is 2.39. The third kappa shape index (κ3) is 4.16. The summed E-state index contributed by atoms with van der Waals surface area (Å²) in [7, 11) is 0. The van der Waals surface area contributed by atoms with Crippen molar-refractivity contribution in [3.63, 3.8) is 0 Å². The van der Waals surface area contributed by atoms with Crippen LogP contribution in [-0.2, 0) is 14.3 Å². The van der Waals surface area contributed by atoms with Gasteiger partial charge in [0.05, 0.1) is 19.6 Å². The monoisotopic (exact) mass is 479 g/mol. The SMILES string of the molecule is CC[N+]1(COC(=O)O[C@H]2CC[C@@]3(C)C(=CC[C@@H]4[C@@H]3CC[C@]3(C)C(=O)CC[C@@H]43)C2)CCCC1.[Cl-]. The van der Waals surface area contributed by atoms with Gasteiger partial charge in [-0.15, -0.1) is 0 Å². The Morgan fingerprint density at radius 2 is 1.79 bits per heavy atom. The van der Waals surface area contributed by atoms with Crippen LogP contribution < -0.4 is 12.4 Å². The summed E-state index contributed by atoms with van der Waals surface area (Å²) in [5.41, 5.74) is 1.63. The Balaban J connectivity index is 0.00000259. The van der Waals surface area contributed by atoms with Crippen molar-refractivity contribution >= 4 is 11.9 Å². The van der Waals surface area contributed by atoms with Crippen molar-refractivity contribution in [1.82, 2.24) is 0 Å². The molecule has 0 N–H and O–H groups in total. The quantitative estimate of drug-likeness (QED) is 0.353. The Morgan fingerprint density at radius 3 is 2.52 bits per heavy atom. The summed E-state index contributed by atoms with van der Waals surface area (Å²) >= 11 is 0. The average Bonchev–Trinajstić information content (AvgIpc) is 3.38. The lowest BCUT2D eigenvalue weighted by atomic mass is 9.48. The lowest BCUT2D eigenvalue weighted by Crippen LogP contribution is -3.00. The number of fused-ring (bicyclic) bond motifs is 5. The summed E-state index contributed by atoms with van der Waals surface area (Å²) in [6.45, 7) is 10.5. The highest BCUT2D eigenvalue weighted by molar-refractivity contribution is 5.87. The molecule has 6 atom stereocenters. The van der Waals surface area contributed by atoms with E-state index in [0.29, 0.717) is 30.3 Å². The first-order valence-corrected chi connectivity index (χ1v) is 13.2. The van der Waals surface area contributed by atoms with Gasteiger partial charge in [0.1, 0.15) is 11.9 Å². The molecule has 0 spiro atoms. The number of hydrogen-bond acceptors (Lipinski definition) is 4. The molecule has 4 fully saturated rings. The molecule has 3 saturated carbocycles. The molecule has 0 bridgehead atoms. The van der Waals surface area contributed by atoms with E-state index in [1.807, 2.05) is 0 Å². The van der Waals surface area contributed by atoms with Gasteiger partial charge in [0.15, 0.2) is 0 Å². The van der Waals surface area contributed by atoms with E-state index in [9.17, 15) is 9.59 Å². The zero-order valence-electron chi connectivity index (χ0n) is 20.7. The fourth-order valence-corrected chi connectivity index (χ4v) is 8.40. The van der Waals surface area contributed by atoms with Crippen LogP contribution in [0.1, 0.15) is 85.0 Å². The van der Waals surface area contributed by atoms with Gasteiger partial charge in [0.25, 0.3) is 0 Å². The summed E-state index contributed by atoms with van der Waals surface area (Å²) in [4.78, 5) is 25.1. The van der Waals surface area contributed by atoms with Crippen molar-refractivity contribution in [3.8, 4) is 0 Å². The van der Waals surface area contributed by atoms with E-state index in [4.69, 9.17) is 9.47 Å². The van der Waals surface area contributed by atoms with Crippen molar-refractivity contribution in [1.29, 1.82) is 0 Å². The highest BCUT2D eigenvalue weighted by Crippen LogP contribution is 2.64. The Kier molecular flexibility index (Phi) is 6.97. The van der Waals surface area contributed by atoms with Gasteiger partial charge in [-0.25, -0.2) is 4.79 Å². The highest BCUT2D eigenvalue weighted by atomic mass is 35.5. The van der Waals surface area contributed by atoms with E-state index >= 15 is 0 Å². The fourth-order valence-electron chi connectivity index (χ4n) is 8.40. The fraction of sp³-hybridized carbons (Fsp3) is 0.852. The summed E-state index contributed by atoms with van der Waals surface area (Å²) in [6, 6.07) is 0. The molecule has 1 aliphatic heterocycles. The maximum absolute atomic E-state index is 12.6. The van der Waals surface area contributed by atoms with E-state index in [0.717, 1.165) is 69.1 Å². The zero-order valence-corrected chi connectivity index (χ0v) is 21.5. The molecular formula is C27H42ClNO4. The van der Waals surface area contributed by atoms with Crippen molar-refractivity contribution in [2.45, 2.75) is 91.1 Å². The number of ether oxygens (including phenoxy) is 2. The molecule has 5 aliphatic rings. The number of allylic oxidation sites excluding steroid dienone is 1. The molecule has 33 heavy (non-hydrogen) atoms. The molecule has 0 amide bonds. The van der Waals surface area contributed by atoms with Gasteiger partial charge in [-0.1, -0.05) is 25.5 Å². The van der Waals surface area contributed by atoms with Crippen LogP contribution in [0.5, 0.6) is 0 Å². The van der Waals surface area contributed by atoms with Crippen LogP contribution in [0.25, 0.3) is 0 Å². The van der Waals surface area contributed by atoms with Crippen molar-refractivity contribution in [2.75, 3.05) is 26.4 Å². The number of carbonyl (C=O) groups is 2. The Morgan fingerprint density at radius 1 is 1.09 bits per heavy atom. The van der Waals surface area contributed by atoms with Crippen LogP contribution in [0.3, 0.4) is 0 Å². The number of halogens is 1. The predicted octanol–water partition coefficient (Wildman–Crippen LogP) is 2.63. The first kappa shape index (κ1) is 25.0. The third-order valence-corrected chi connectivity index (χ3v) is 10.7. The topological polar surface area (TPSA) is 52.6 Å². The Bertz CT molecular complexity index is 806. The Hall–Kier alpha value is -1.07. The molecule has 1 saturated heterocycles. The third-order valence-electron chi connectivity index (χ3n) is 10.7. The highest BCUT2D eigenvalue weighted by Gasteiger charge is 2.58. The normalized spacial score (nSPS) is 41.2. The van der Waals surface area contributed by atoms with Gasteiger partial charge in [0.2, 0.25) is 6.73 Å². The van der Waals surface area contributed by atoms with Crippen molar-refractivity contribution < 1.29 is 36.0 Å². The molecule has 6 heteroatoms. The largest absolute Gasteiger partial charge is 1.00 e. The minimum absolute atomic E-state index is 0. The van der Waals surface area contributed by atoms with Gasteiger partial charge in [-0.3, -0.25) is 9.28 Å². The molecule has 186 valence electrons. The van der Waals surface area contributed by atoms with Gasteiger partial charge in [-0.2, -0.15) is 0 Å². The van der Waals surface area contributed by atoms with Gasteiger partial charge >= 0.3 is 6.16 Å². The zero-order chi connectivity index (χ0) is 22.6. The van der Waals surface area contributed by atoms with Gasteiger partial charge < -0.3 is 21.9 Å². The Labute approximate surface area is 205 Å². The van der Waals surface area contributed by atoms with Crippen molar-refractivity contribution in [3.05, 3.63) is 11.6 Å². The van der Waals surface area contributed by atoms with E-state index in [1.54, 1.807) is 0 Å². The maximum Gasteiger partial charge on any atom is 0.512 e. The second kappa shape index (κ2) is 9.18. The molecule has 0 unspecified atom stereocenters. The second-order valence-corrected chi connectivity index (χ2v) is 12.0. The van der Waals surface area contributed by atoms with Crippen LogP contribution in [0.2, 0.25) is 0 Å². The number of hydrogen-bond donors (Lipinski definition) is 0. The number of Topliss-reactive ketones (excluding diaryl/α,β-unsaturated/α-hetero) is 1. The van der Waals surface area contributed by atoms with Crippen LogP contribution in [-0.4, -0.2) is 48.9 Å². The second-order valence-electron chi connectivity index (χ2n) is 12.0. The van der Waals surface area contributed by atoms with Crippen LogP contribution >= 0.6 is 0 Å². The summed E-state index contributed by atoms with van der Waals surface area (Å²) < 4.78 is 12.3. The molecule has 5 nitrogen and oxygen atoms in total. The van der Waals surface area contributed by atoms with E-state index in [1.165, 1.54) is 24.8 Å². The minimum Gasteiger partial charge on any atom is -1.00 e. The molecule has 1 heterocycles. The predicted molar refractivity (Wildman–Crippen MR) is 123 cm³/mol. The number of quaternary nitrogens is 1. The van der Waals surface area contributed by atoms with Crippen LogP contribution in [0, 0.1) is 28.6 Å². The molecule has 0 aromatic rings. The number of ketones is 1. The number of carbonyl (C=O) groups excluding carboxylic acids is 2. The lowest BCUT2D eigenvalue weighted by Gasteiger charge is -2.56. The van der Waals surface area contributed by atoms with Crippen LogP contribution in [0.4, 0.5) is 4.79 Å². The molecule has 4 aliphatic carbocycles. The van der Waals surface area contributed by atoms with E-state index < -0.39 is 6.16 Å². The minimum atomic E-state index is -0.483. The molecule has 5 rings (SSSR count). The lowest BCUT2D eigenvalue weighted by molar-refractivity contribution is -0.931. The first-order chi connectivity index (χ1) is 15.3. The van der Waals surface area contributed by atoms with E-state index in [-0.39, 0.29) is 29.3 Å². The smallest absolute Gasteiger partial charge is 0.512 e. The standard InChI is InChI=1S/C27H42NO4.ClH/c1-4-28(15-5-6-16-28)18-31-25(30)32-20-11-13-26(2)19(17-20)7-8-21-22-9-10-24(29)27(22,3)14-12-23(21)26;/h7,20-23H,4-6,8-18H2,1-3H3;1H/q+1;/p-1/t20-,21-,22-,23-,26-,27-;/m0./s1. The summed E-state index contributed by atoms with van der Waals surface area (Å²) in [6.07, 6.45) is 12.4. The molecule has 0 aromatic heterocycles.